The van der Waals surface area contributed by atoms with Gasteiger partial charge in [0.1, 0.15) is 17.0 Å². The lowest BCUT2D eigenvalue weighted by Crippen LogP contribution is -2.20. The second kappa shape index (κ2) is 6.55. The van der Waals surface area contributed by atoms with Gasteiger partial charge in [0.15, 0.2) is 12.3 Å². The van der Waals surface area contributed by atoms with Crippen molar-refractivity contribution in [3.63, 3.8) is 0 Å². The fraction of sp³-hybridized carbons (Fsp3) is 0.167. The monoisotopic (exact) mass is 390 g/mol. The number of hydrogen-bond donors (Lipinski definition) is 1. The number of aromatic amines is 1. The lowest BCUT2D eigenvalue weighted by molar-refractivity contribution is -0.153. The maximum Gasteiger partial charge on any atom is 0.422 e. The number of benzene rings is 1. The van der Waals surface area contributed by atoms with Gasteiger partial charge < -0.3 is 9.47 Å². The number of hydrogen-bond acceptors (Lipinski definition) is 5. The van der Waals surface area contributed by atoms with Crippen molar-refractivity contribution in [2.45, 2.75) is 6.18 Å². The maximum atomic E-state index is 12.6. The number of aromatic nitrogens is 4. The second-order valence-corrected chi connectivity index (χ2v) is 5.89. The van der Waals surface area contributed by atoms with E-state index >= 15 is 0 Å². The van der Waals surface area contributed by atoms with Crippen LogP contribution in [0.25, 0.3) is 27.8 Å². The van der Waals surface area contributed by atoms with Crippen LogP contribution >= 0.6 is 0 Å². The highest BCUT2D eigenvalue weighted by molar-refractivity contribution is 5.88. The number of halogens is 3. The van der Waals surface area contributed by atoms with E-state index in [0.717, 1.165) is 0 Å². The molecule has 0 fully saturated rings. The zero-order valence-electron chi connectivity index (χ0n) is 14.4. The molecule has 0 bridgehead atoms. The van der Waals surface area contributed by atoms with Crippen LogP contribution in [0.1, 0.15) is 0 Å². The number of alkyl halides is 3. The zero-order chi connectivity index (χ0) is 19.9. The summed E-state index contributed by atoms with van der Waals surface area (Å²) in [6, 6.07) is 7.93. The van der Waals surface area contributed by atoms with Crippen molar-refractivity contribution in [3.05, 3.63) is 53.2 Å². The predicted molar refractivity (Wildman–Crippen MR) is 95.1 cm³/mol. The molecule has 4 aromatic rings. The van der Waals surface area contributed by atoms with Crippen LogP contribution in [0.2, 0.25) is 0 Å². The molecule has 0 aliphatic heterocycles. The summed E-state index contributed by atoms with van der Waals surface area (Å²) >= 11 is 0. The lowest BCUT2D eigenvalue weighted by atomic mass is 10.2. The first kappa shape index (κ1) is 17.8. The number of imidazole rings is 1. The Labute approximate surface area is 155 Å². The fourth-order valence-corrected chi connectivity index (χ4v) is 2.95. The van der Waals surface area contributed by atoms with Crippen LogP contribution in [0, 0.1) is 0 Å². The van der Waals surface area contributed by atoms with Gasteiger partial charge >= 0.3 is 11.9 Å². The van der Waals surface area contributed by atoms with Gasteiger partial charge in [-0.3, -0.25) is 14.5 Å². The molecule has 1 aromatic carbocycles. The molecule has 0 amide bonds. The Morgan fingerprint density at radius 1 is 1.11 bits per heavy atom. The molecule has 0 atom stereocenters. The van der Waals surface area contributed by atoms with Crippen molar-refractivity contribution >= 4 is 22.1 Å². The highest BCUT2D eigenvalue weighted by Crippen LogP contribution is 2.29. The van der Waals surface area contributed by atoms with Crippen molar-refractivity contribution < 1.29 is 22.6 Å². The van der Waals surface area contributed by atoms with Crippen molar-refractivity contribution in [3.8, 4) is 17.2 Å². The third kappa shape index (κ3) is 3.13. The first-order valence-corrected chi connectivity index (χ1v) is 8.10. The fourth-order valence-electron chi connectivity index (χ4n) is 2.95. The van der Waals surface area contributed by atoms with Gasteiger partial charge in [-0.25, -0.2) is 9.78 Å². The second-order valence-electron chi connectivity index (χ2n) is 5.89. The highest BCUT2D eigenvalue weighted by atomic mass is 19.4. The quantitative estimate of drug-likeness (QED) is 0.579. The van der Waals surface area contributed by atoms with Crippen LogP contribution in [0.5, 0.6) is 11.5 Å². The Morgan fingerprint density at radius 3 is 2.61 bits per heavy atom. The minimum Gasteiger partial charge on any atom is -0.496 e. The predicted octanol–water partition coefficient (Wildman–Crippen LogP) is 3.21. The van der Waals surface area contributed by atoms with E-state index in [-0.39, 0.29) is 16.9 Å². The van der Waals surface area contributed by atoms with E-state index < -0.39 is 18.5 Å². The molecule has 0 radical (unpaired) electrons. The Morgan fingerprint density at radius 2 is 1.86 bits per heavy atom. The minimum absolute atomic E-state index is 0.110. The van der Waals surface area contributed by atoms with E-state index in [1.165, 1.54) is 23.9 Å². The van der Waals surface area contributed by atoms with Gasteiger partial charge in [0.25, 0.3) is 0 Å². The van der Waals surface area contributed by atoms with Gasteiger partial charge in [-0.15, -0.1) is 0 Å². The molecule has 0 unspecified atom stereocenters. The number of pyridine rings is 2. The maximum absolute atomic E-state index is 12.6. The first-order valence-electron chi connectivity index (χ1n) is 8.10. The van der Waals surface area contributed by atoms with E-state index in [1.54, 1.807) is 30.5 Å². The van der Waals surface area contributed by atoms with E-state index in [1.807, 2.05) is 0 Å². The summed E-state index contributed by atoms with van der Waals surface area (Å²) in [4.78, 5) is 23.3. The summed E-state index contributed by atoms with van der Waals surface area (Å²) < 4.78 is 49.2. The number of nitrogens with zero attached hydrogens (tertiary/aromatic N) is 3. The Balaban J connectivity index is 1.92. The topological polar surface area (TPSA) is 82.0 Å². The zero-order valence-corrected chi connectivity index (χ0v) is 14.4. The molecule has 144 valence electrons. The molecule has 3 heterocycles. The molecule has 1 N–H and O–H groups in total. The number of methoxy groups -OCH3 is 1. The largest absolute Gasteiger partial charge is 0.496 e. The van der Waals surface area contributed by atoms with Gasteiger partial charge in [0.2, 0.25) is 0 Å². The molecule has 28 heavy (non-hydrogen) atoms. The normalized spacial score (nSPS) is 11.9. The number of rotatable bonds is 4. The summed E-state index contributed by atoms with van der Waals surface area (Å²) in [6.07, 6.45) is -1.66. The Bertz CT molecular complexity index is 1230. The van der Waals surface area contributed by atoms with E-state index in [0.29, 0.717) is 22.3 Å². The summed E-state index contributed by atoms with van der Waals surface area (Å²) in [6.45, 7) is -1.49. The SMILES string of the molecule is COc1ccnc2ccc(-n3c(=O)[nH]c4nccc(OCC(F)(F)F)c43)cc12. The minimum atomic E-state index is -4.51. The summed E-state index contributed by atoms with van der Waals surface area (Å²) in [5, 5.41) is 0.644. The Kier molecular flexibility index (Phi) is 4.17. The summed E-state index contributed by atoms with van der Waals surface area (Å²) in [5.41, 5.74) is 0.706. The van der Waals surface area contributed by atoms with Gasteiger partial charge in [-0.05, 0) is 24.3 Å². The summed E-state index contributed by atoms with van der Waals surface area (Å²) in [5.74, 6) is 0.435. The third-order valence-electron chi connectivity index (χ3n) is 4.09. The van der Waals surface area contributed by atoms with Crippen LogP contribution < -0.4 is 15.2 Å². The molecule has 7 nitrogen and oxygen atoms in total. The number of ether oxygens (including phenoxy) is 2. The molecule has 4 rings (SSSR count). The summed E-state index contributed by atoms with van der Waals surface area (Å²) in [7, 11) is 1.51. The molecule has 3 aromatic heterocycles. The number of nitrogens with one attached hydrogen (secondary N) is 1. The van der Waals surface area contributed by atoms with Crippen LogP contribution in [-0.2, 0) is 0 Å². The van der Waals surface area contributed by atoms with Crippen LogP contribution in [-0.4, -0.2) is 39.4 Å². The molecule has 0 saturated heterocycles. The van der Waals surface area contributed by atoms with E-state index in [4.69, 9.17) is 9.47 Å². The molecule has 0 saturated carbocycles. The van der Waals surface area contributed by atoms with Gasteiger partial charge in [0, 0.05) is 23.8 Å². The van der Waals surface area contributed by atoms with Crippen molar-refractivity contribution in [2.24, 2.45) is 0 Å². The standard InChI is InChI=1S/C18H13F3N4O3/c1-27-13-4-6-22-12-3-2-10(8-11(12)13)25-15-14(28-9-18(19,20)21)5-7-23-16(15)24-17(25)26/h2-8H,9H2,1H3,(H,23,24,26). The van der Waals surface area contributed by atoms with E-state index in [2.05, 4.69) is 15.0 Å². The molecule has 10 heteroatoms. The average molecular weight is 390 g/mol. The van der Waals surface area contributed by atoms with Gasteiger partial charge in [-0.1, -0.05) is 0 Å². The van der Waals surface area contributed by atoms with Crippen molar-refractivity contribution in [2.75, 3.05) is 13.7 Å². The highest BCUT2D eigenvalue weighted by Gasteiger charge is 2.29. The van der Waals surface area contributed by atoms with Crippen LogP contribution in [0.4, 0.5) is 13.2 Å². The molecular weight excluding hydrogens is 377 g/mol. The number of fused-ring (bicyclic) bond motifs is 2. The van der Waals surface area contributed by atoms with Crippen LogP contribution in [0.3, 0.4) is 0 Å². The molecule has 0 spiro atoms. The van der Waals surface area contributed by atoms with E-state index in [9.17, 15) is 18.0 Å². The first-order chi connectivity index (χ1) is 13.4. The molecular formula is C18H13F3N4O3. The molecule has 0 aliphatic rings. The lowest BCUT2D eigenvalue weighted by Gasteiger charge is -2.12. The van der Waals surface area contributed by atoms with Crippen molar-refractivity contribution in [1.82, 2.24) is 19.5 Å². The third-order valence-corrected chi connectivity index (χ3v) is 4.09. The van der Waals surface area contributed by atoms with Gasteiger partial charge in [0.05, 0.1) is 18.3 Å². The average Bonchev–Trinajstić information content (AvgIpc) is 3.01. The van der Waals surface area contributed by atoms with Crippen molar-refractivity contribution in [1.29, 1.82) is 0 Å². The van der Waals surface area contributed by atoms with Crippen LogP contribution in [0.15, 0.2) is 47.5 Å². The Hall–Kier alpha value is -3.56. The van der Waals surface area contributed by atoms with Gasteiger partial charge in [-0.2, -0.15) is 13.2 Å². The smallest absolute Gasteiger partial charge is 0.422 e. The number of H-pyrrole nitrogens is 1. The molecule has 0 aliphatic carbocycles.